The number of fused-ring (bicyclic) bond motifs is 1. The second kappa shape index (κ2) is 10.6. The highest BCUT2D eigenvalue weighted by Gasteiger charge is 2.22. The lowest BCUT2D eigenvalue weighted by Crippen LogP contribution is -2.47. The Hall–Kier alpha value is -3.90. The summed E-state index contributed by atoms with van der Waals surface area (Å²) in [7, 11) is 1.67. The van der Waals surface area contributed by atoms with Gasteiger partial charge in [-0.2, -0.15) is 0 Å². The molecule has 4 aromatic rings. The van der Waals surface area contributed by atoms with Gasteiger partial charge in [-0.3, -0.25) is 14.7 Å². The van der Waals surface area contributed by atoms with E-state index < -0.39 is 0 Å². The van der Waals surface area contributed by atoms with Crippen LogP contribution in [0.15, 0.2) is 71.6 Å². The van der Waals surface area contributed by atoms with Gasteiger partial charge in [0, 0.05) is 73.3 Å². The monoisotopic (exact) mass is 495 g/mol. The number of aryl methyl sites for hydroxylation is 2. The molecule has 0 atom stereocenters. The number of hydrogen-bond acceptors (Lipinski definition) is 5. The average molecular weight is 496 g/mol. The second-order valence-electron chi connectivity index (χ2n) is 9.76. The molecule has 0 saturated carbocycles. The number of nitrogens with zero attached hydrogens (tertiary/aromatic N) is 3. The first-order valence-corrected chi connectivity index (χ1v) is 12.7. The van der Waals surface area contributed by atoms with Crippen molar-refractivity contribution in [3.63, 3.8) is 0 Å². The summed E-state index contributed by atoms with van der Waals surface area (Å²) < 4.78 is 11.8. The zero-order chi connectivity index (χ0) is 25.9. The standard InChI is InChI=1S/C31H33N3O3/c1-21-5-7-25(8-6-21)28-20-37-31-23(3)30(36-4)26(18-27(28)31)22(2)17-29(35)34-15-13-33(14-16-34)19-24-9-11-32-12-10-24/h5-12,17-18,20H,13-16,19H2,1-4H3/b22-17+. The number of aromatic nitrogens is 1. The molecular weight excluding hydrogens is 462 g/mol. The third-order valence-electron chi connectivity index (χ3n) is 7.21. The highest BCUT2D eigenvalue weighted by Crippen LogP contribution is 2.40. The summed E-state index contributed by atoms with van der Waals surface area (Å²) in [6, 6.07) is 14.6. The summed E-state index contributed by atoms with van der Waals surface area (Å²) in [5.41, 5.74) is 8.11. The predicted molar refractivity (Wildman–Crippen MR) is 147 cm³/mol. The van der Waals surface area contributed by atoms with Gasteiger partial charge in [0.2, 0.25) is 5.91 Å². The van der Waals surface area contributed by atoms with Crippen LogP contribution in [-0.4, -0.2) is 54.0 Å². The molecule has 1 aliphatic heterocycles. The Morgan fingerprint density at radius 2 is 1.76 bits per heavy atom. The molecule has 190 valence electrons. The minimum atomic E-state index is 0.0341. The molecule has 1 aliphatic rings. The van der Waals surface area contributed by atoms with E-state index in [-0.39, 0.29) is 5.91 Å². The number of ether oxygens (including phenoxy) is 1. The maximum Gasteiger partial charge on any atom is 0.246 e. The van der Waals surface area contributed by atoms with E-state index in [0.29, 0.717) is 13.1 Å². The number of carbonyl (C=O) groups excluding carboxylic acids is 1. The van der Waals surface area contributed by atoms with Crippen molar-refractivity contribution in [1.82, 2.24) is 14.8 Å². The zero-order valence-electron chi connectivity index (χ0n) is 22.0. The van der Waals surface area contributed by atoms with E-state index in [1.54, 1.807) is 19.4 Å². The number of hydrogen-bond donors (Lipinski definition) is 0. The van der Waals surface area contributed by atoms with Crippen LogP contribution in [0, 0.1) is 13.8 Å². The molecule has 37 heavy (non-hydrogen) atoms. The number of carbonyl (C=O) groups is 1. The molecule has 0 radical (unpaired) electrons. The first kappa shape index (κ1) is 24.8. The van der Waals surface area contributed by atoms with Gasteiger partial charge in [0.25, 0.3) is 0 Å². The topological polar surface area (TPSA) is 58.8 Å². The summed E-state index contributed by atoms with van der Waals surface area (Å²) >= 11 is 0. The van der Waals surface area contributed by atoms with Gasteiger partial charge in [-0.15, -0.1) is 0 Å². The molecule has 1 saturated heterocycles. The van der Waals surface area contributed by atoms with E-state index in [0.717, 1.165) is 64.2 Å². The molecule has 1 fully saturated rings. The smallest absolute Gasteiger partial charge is 0.246 e. The van der Waals surface area contributed by atoms with Crippen LogP contribution in [0.2, 0.25) is 0 Å². The lowest BCUT2D eigenvalue weighted by Gasteiger charge is -2.34. The molecule has 6 heteroatoms. The van der Waals surface area contributed by atoms with Crippen LogP contribution in [-0.2, 0) is 11.3 Å². The van der Waals surface area contributed by atoms with Crippen LogP contribution in [0.3, 0.4) is 0 Å². The van der Waals surface area contributed by atoms with Crippen LogP contribution in [0.4, 0.5) is 0 Å². The first-order valence-electron chi connectivity index (χ1n) is 12.7. The van der Waals surface area contributed by atoms with E-state index in [2.05, 4.69) is 47.1 Å². The largest absolute Gasteiger partial charge is 0.496 e. The molecule has 0 spiro atoms. The van der Waals surface area contributed by atoms with Crippen LogP contribution in [0.5, 0.6) is 5.75 Å². The van der Waals surface area contributed by atoms with E-state index in [1.807, 2.05) is 43.3 Å². The number of piperazine rings is 1. The van der Waals surface area contributed by atoms with Crippen molar-refractivity contribution in [3.05, 3.63) is 89.5 Å². The van der Waals surface area contributed by atoms with E-state index in [9.17, 15) is 4.79 Å². The van der Waals surface area contributed by atoms with Crippen LogP contribution in [0.1, 0.15) is 29.2 Å². The molecule has 0 bridgehead atoms. The Morgan fingerprint density at radius 3 is 2.43 bits per heavy atom. The lowest BCUT2D eigenvalue weighted by atomic mass is 9.96. The number of pyridine rings is 1. The first-order chi connectivity index (χ1) is 17.9. The Morgan fingerprint density at radius 1 is 1.05 bits per heavy atom. The highest BCUT2D eigenvalue weighted by atomic mass is 16.5. The minimum absolute atomic E-state index is 0.0341. The molecular formula is C31H33N3O3. The molecule has 0 aliphatic carbocycles. The summed E-state index contributed by atoms with van der Waals surface area (Å²) in [5.74, 6) is 0.771. The number of amides is 1. The van der Waals surface area contributed by atoms with Crippen molar-refractivity contribution in [3.8, 4) is 16.9 Å². The van der Waals surface area contributed by atoms with E-state index >= 15 is 0 Å². The number of allylic oxidation sites excluding steroid dienone is 1. The van der Waals surface area contributed by atoms with E-state index in [1.165, 1.54) is 11.1 Å². The number of furan rings is 1. The van der Waals surface area contributed by atoms with Gasteiger partial charge in [-0.05, 0) is 55.7 Å². The molecule has 3 heterocycles. The van der Waals surface area contributed by atoms with Crippen LogP contribution < -0.4 is 4.74 Å². The molecule has 2 aromatic carbocycles. The third-order valence-corrected chi connectivity index (χ3v) is 7.21. The average Bonchev–Trinajstić information content (AvgIpc) is 3.34. The van der Waals surface area contributed by atoms with Crippen molar-refractivity contribution in [2.75, 3.05) is 33.3 Å². The number of benzene rings is 2. The Labute approximate surface area is 218 Å². The fourth-order valence-electron chi connectivity index (χ4n) is 5.06. The Kier molecular flexibility index (Phi) is 7.10. The van der Waals surface area contributed by atoms with Crippen molar-refractivity contribution < 1.29 is 13.9 Å². The minimum Gasteiger partial charge on any atom is -0.496 e. The molecule has 6 nitrogen and oxygen atoms in total. The predicted octanol–water partition coefficient (Wildman–Crippen LogP) is 5.87. The quantitative estimate of drug-likeness (QED) is 0.313. The fourth-order valence-corrected chi connectivity index (χ4v) is 5.06. The fraction of sp³-hybridized carbons (Fsp3) is 0.290. The molecule has 0 N–H and O–H groups in total. The lowest BCUT2D eigenvalue weighted by molar-refractivity contribution is -0.127. The maximum atomic E-state index is 13.2. The second-order valence-corrected chi connectivity index (χ2v) is 9.76. The molecule has 1 amide bonds. The van der Waals surface area contributed by atoms with Crippen molar-refractivity contribution in [2.24, 2.45) is 0 Å². The Balaban J connectivity index is 1.37. The molecule has 2 aromatic heterocycles. The van der Waals surface area contributed by atoms with Gasteiger partial charge < -0.3 is 14.1 Å². The van der Waals surface area contributed by atoms with Gasteiger partial charge in [-0.1, -0.05) is 29.8 Å². The van der Waals surface area contributed by atoms with Gasteiger partial charge in [-0.25, -0.2) is 0 Å². The summed E-state index contributed by atoms with van der Waals surface area (Å²) in [4.78, 5) is 21.6. The van der Waals surface area contributed by atoms with Crippen molar-refractivity contribution >= 4 is 22.4 Å². The summed E-state index contributed by atoms with van der Waals surface area (Å²) in [5, 5.41) is 1.02. The highest BCUT2D eigenvalue weighted by molar-refractivity contribution is 6.01. The SMILES string of the molecule is COc1c(/C(C)=C/C(=O)N2CCN(Cc3ccncc3)CC2)cc2c(-c3ccc(C)cc3)coc2c1C. The molecule has 5 rings (SSSR count). The summed E-state index contributed by atoms with van der Waals surface area (Å²) in [6.07, 6.45) is 7.20. The zero-order valence-corrected chi connectivity index (χ0v) is 22.0. The van der Waals surface area contributed by atoms with E-state index in [4.69, 9.17) is 9.15 Å². The Bertz CT molecular complexity index is 1430. The van der Waals surface area contributed by atoms with Gasteiger partial charge in [0.1, 0.15) is 11.3 Å². The van der Waals surface area contributed by atoms with Crippen molar-refractivity contribution in [2.45, 2.75) is 27.3 Å². The van der Waals surface area contributed by atoms with Crippen molar-refractivity contribution in [1.29, 1.82) is 0 Å². The van der Waals surface area contributed by atoms with Gasteiger partial charge >= 0.3 is 0 Å². The normalized spacial score (nSPS) is 14.8. The van der Waals surface area contributed by atoms with Gasteiger partial charge in [0.05, 0.1) is 13.4 Å². The van der Waals surface area contributed by atoms with Crippen LogP contribution in [0.25, 0.3) is 27.7 Å². The van der Waals surface area contributed by atoms with Gasteiger partial charge in [0.15, 0.2) is 0 Å². The third kappa shape index (κ3) is 5.16. The van der Waals surface area contributed by atoms with Crippen LogP contribution >= 0.6 is 0 Å². The number of methoxy groups -OCH3 is 1. The summed E-state index contributed by atoms with van der Waals surface area (Å²) in [6.45, 7) is 10.1. The number of rotatable bonds is 6. The maximum absolute atomic E-state index is 13.2. The molecule has 0 unspecified atom stereocenters.